The number of carbonyl (C=O) groups is 2. The van der Waals surface area contributed by atoms with E-state index < -0.39 is 16.1 Å². The molecule has 2 aliphatic rings. The predicted octanol–water partition coefficient (Wildman–Crippen LogP) is 2.87. The monoisotopic (exact) mass is 493 g/mol. The Labute approximate surface area is 196 Å². The molecular weight excluding hydrogens is 470 g/mol. The lowest BCUT2D eigenvalue weighted by atomic mass is 10.00. The van der Waals surface area contributed by atoms with Crippen LogP contribution in [-0.2, 0) is 32.6 Å². The quantitative estimate of drug-likeness (QED) is 0.670. The van der Waals surface area contributed by atoms with Crippen molar-refractivity contribution in [2.45, 2.75) is 31.8 Å². The Morgan fingerprint density at radius 2 is 1.97 bits per heavy atom. The molecule has 32 heavy (non-hydrogen) atoms. The summed E-state index contributed by atoms with van der Waals surface area (Å²) in [5, 5.41) is 1.04. The van der Waals surface area contributed by atoms with Crippen molar-refractivity contribution in [3.05, 3.63) is 62.1 Å². The van der Waals surface area contributed by atoms with E-state index in [1.54, 1.807) is 17.0 Å². The van der Waals surface area contributed by atoms with Gasteiger partial charge in [0.25, 0.3) is 0 Å². The van der Waals surface area contributed by atoms with E-state index in [0.717, 1.165) is 17.4 Å². The molecule has 2 aliphatic heterocycles. The van der Waals surface area contributed by atoms with Gasteiger partial charge in [-0.3, -0.25) is 9.59 Å². The van der Waals surface area contributed by atoms with Crippen LogP contribution >= 0.6 is 22.9 Å². The summed E-state index contributed by atoms with van der Waals surface area (Å²) < 4.78 is 27.9. The number of hydrogen-bond acceptors (Lipinski definition) is 5. The highest BCUT2D eigenvalue weighted by Gasteiger charge is 2.33. The number of rotatable bonds is 6. The maximum Gasteiger partial charge on any atom is 0.242 e. The van der Waals surface area contributed by atoms with Crippen molar-refractivity contribution in [3.8, 4) is 0 Å². The highest BCUT2D eigenvalue weighted by molar-refractivity contribution is 7.92. The third kappa shape index (κ3) is 5.58. The SMILES string of the molecule is O=C(CN1CCC[C@H](NS(=O)(=O)C=Cc2ccc(Cl)s2)C1=O)N1CCc2ccccc2C1. The van der Waals surface area contributed by atoms with Crippen LogP contribution in [0.15, 0.2) is 41.8 Å². The van der Waals surface area contributed by atoms with Crippen molar-refractivity contribution in [3.63, 3.8) is 0 Å². The van der Waals surface area contributed by atoms with Gasteiger partial charge >= 0.3 is 0 Å². The highest BCUT2D eigenvalue weighted by Crippen LogP contribution is 2.23. The lowest BCUT2D eigenvalue weighted by molar-refractivity contribution is -0.143. The van der Waals surface area contributed by atoms with Crippen LogP contribution in [0.1, 0.15) is 28.8 Å². The standard InChI is InChI=1S/C22H24ClN3O4S2/c23-20-8-7-18(31-20)10-13-32(29,30)24-19-6-3-11-26(22(19)28)15-21(27)25-12-9-16-4-1-2-5-17(16)14-25/h1-2,4-5,7-8,10,13,19,24H,3,6,9,11-12,14-15H2/t19-/m0/s1. The number of piperidine rings is 1. The van der Waals surface area contributed by atoms with Crippen molar-refractivity contribution in [2.24, 2.45) is 0 Å². The lowest BCUT2D eigenvalue weighted by Gasteiger charge is -2.35. The Kier molecular flexibility index (Phi) is 6.99. The molecule has 0 saturated carbocycles. The van der Waals surface area contributed by atoms with Crippen LogP contribution in [0.4, 0.5) is 0 Å². The first-order valence-corrected chi connectivity index (χ1v) is 13.1. The van der Waals surface area contributed by atoms with Gasteiger partial charge in [-0.2, -0.15) is 4.72 Å². The smallest absolute Gasteiger partial charge is 0.242 e. The lowest BCUT2D eigenvalue weighted by Crippen LogP contribution is -2.54. The molecule has 7 nitrogen and oxygen atoms in total. The largest absolute Gasteiger partial charge is 0.336 e. The summed E-state index contributed by atoms with van der Waals surface area (Å²) in [6, 6.07) is 10.6. The predicted molar refractivity (Wildman–Crippen MR) is 126 cm³/mol. The zero-order valence-corrected chi connectivity index (χ0v) is 19.8. The number of fused-ring (bicyclic) bond motifs is 1. The number of carbonyl (C=O) groups excluding carboxylic acids is 2. The summed E-state index contributed by atoms with van der Waals surface area (Å²) in [5.41, 5.74) is 2.37. The van der Waals surface area contributed by atoms with Crippen molar-refractivity contribution < 1.29 is 18.0 Å². The first kappa shape index (κ1) is 23.0. The third-order valence-corrected chi connectivity index (χ3v) is 7.96. The van der Waals surface area contributed by atoms with Crippen LogP contribution in [0.25, 0.3) is 6.08 Å². The van der Waals surface area contributed by atoms with E-state index in [4.69, 9.17) is 11.6 Å². The Balaban J connectivity index is 1.35. The first-order valence-electron chi connectivity index (χ1n) is 10.4. The van der Waals surface area contributed by atoms with Crippen molar-refractivity contribution in [2.75, 3.05) is 19.6 Å². The average Bonchev–Trinajstić information content (AvgIpc) is 3.20. The minimum absolute atomic E-state index is 0.0389. The van der Waals surface area contributed by atoms with E-state index in [1.807, 2.05) is 18.2 Å². The molecule has 1 aromatic carbocycles. The fourth-order valence-electron chi connectivity index (χ4n) is 3.99. The van der Waals surface area contributed by atoms with Crippen molar-refractivity contribution >= 4 is 50.9 Å². The summed E-state index contributed by atoms with van der Waals surface area (Å²) >= 11 is 7.12. The highest BCUT2D eigenvalue weighted by atomic mass is 35.5. The van der Waals surface area contributed by atoms with E-state index in [9.17, 15) is 18.0 Å². The zero-order chi connectivity index (χ0) is 22.7. The maximum absolute atomic E-state index is 12.9. The molecule has 0 unspecified atom stereocenters. The topological polar surface area (TPSA) is 86.8 Å². The minimum Gasteiger partial charge on any atom is -0.336 e. The van der Waals surface area contributed by atoms with Gasteiger partial charge in [0.05, 0.1) is 10.9 Å². The number of nitrogens with zero attached hydrogens (tertiary/aromatic N) is 2. The molecule has 1 N–H and O–H groups in total. The number of halogens is 1. The van der Waals surface area contributed by atoms with E-state index in [1.165, 1.54) is 27.9 Å². The summed E-state index contributed by atoms with van der Waals surface area (Å²) in [6.45, 7) is 1.55. The van der Waals surface area contributed by atoms with Gasteiger partial charge in [0.15, 0.2) is 0 Å². The number of thiophene rings is 1. The molecule has 1 atom stereocenters. The van der Waals surface area contributed by atoms with Crippen LogP contribution in [-0.4, -0.2) is 55.7 Å². The number of sulfonamides is 1. The van der Waals surface area contributed by atoms with Gasteiger partial charge in [-0.15, -0.1) is 11.3 Å². The van der Waals surface area contributed by atoms with Crippen LogP contribution in [0.2, 0.25) is 4.34 Å². The maximum atomic E-state index is 12.9. The normalized spacial score (nSPS) is 19.4. The van der Waals surface area contributed by atoms with Gasteiger partial charge in [-0.1, -0.05) is 35.9 Å². The number of benzene rings is 1. The molecule has 0 radical (unpaired) electrons. The van der Waals surface area contributed by atoms with E-state index >= 15 is 0 Å². The second-order valence-electron chi connectivity index (χ2n) is 7.90. The zero-order valence-electron chi connectivity index (χ0n) is 17.4. The van der Waals surface area contributed by atoms with Crippen LogP contribution < -0.4 is 4.72 Å². The van der Waals surface area contributed by atoms with Gasteiger partial charge in [0, 0.05) is 29.9 Å². The molecule has 1 fully saturated rings. The second-order valence-corrected chi connectivity index (χ2v) is 11.2. The Hall–Kier alpha value is -2.20. The van der Waals surface area contributed by atoms with Crippen molar-refractivity contribution in [1.29, 1.82) is 0 Å². The molecule has 0 bridgehead atoms. The van der Waals surface area contributed by atoms with Gasteiger partial charge < -0.3 is 9.80 Å². The summed E-state index contributed by atoms with van der Waals surface area (Å²) in [6.07, 6.45) is 3.26. The van der Waals surface area contributed by atoms with Gasteiger partial charge in [0.2, 0.25) is 21.8 Å². The molecule has 1 aromatic heterocycles. The first-order chi connectivity index (χ1) is 15.3. The second kappa shape index (κ2) is 9.74. The van der Waals surface area contributed by atoms with Crippen molar-refractivity contribution in [1.82, 2.24) is 14.5 Å². The molecule has 3 heterocycles. The van der Waals surface area contributed by atoms with Crippen LogP contribution in [0, 0.1) is 0 Å². The summed E-state index contributed by atoms with van der Waals surface area (Å²) in [7, 11) is -3.82. The molecule has 1 saturated heterocycles. The van der Waals surface area contributed by atoms with E-state index in [-0.39, 0.29) is 18.4 Å². The molecule has 170 valence electrons. The number of likely N-dealkylation sites (tertiary alicyclic amines) is 1. The Morgan fingerprint density at radius 1 is 1.19 bits per heavy atom. The fraction of sp³-hybridized carbons (Fsp3) is 0.364. The number of amides is 2. The Morgan fingerprint density at radius 3 is 2.72 bits per heavy atom. The average molecular weight is 494 g/mol. The van der Waals surface area contributed by atoms with E-state index in [2.05, 4.69) is 10.8 Å². The fourth-order valence-corrected chi connectivity index (χ4v) is 6.06. The van der Waals surface area contributed by atoms with Gasteiger partial charge in [-0.05, 0) is 48.6 Å². The van der Waals surface area contributed by atoms with Gasteiger partial charge in [-0.25, -0.2) is 8.42 Å². The molecule has 4 rings (SSSR count). The molecule has 2 amide bonds. The summed E-state index contributed by atoms with van der Waals surface area (Å²) in [4.78, 5) is 29.7. The molecular formula is C22H24ClN3O4S2. The number of nitrogens with one attached hydrogen (secondary N) is 1. The molecule has 0 spiro atoms. The van der Waals surface area contributed by atoms with Gasteiger partial charge in [0.1, 0.15) is 6.04 Å². The van der Waals surface area contributed by atoms with E-state index in [0.29, 0.717) is 41.7 Å². The Bertz CT molecular complexity index is 1150. The third-order valence-electron chi connectivity index (χ3n) is 5.65. The van der Waals surface area contributed by atoms with Crippen LogP contribution in [0.3, 0.4) is 0 Å². The molecule has 2 aromatic rings. The summed E-state index contributed by atoms with van der Waals surface area (Å²) in [5.74, 6) is -0.482. The number of hydrogen-bond donors (Lipinski definition) is 1. The molecule has 10 heteroatoms. The molecule has 0 aliphatic carbocycles. The minimum atomic E-state index is -3.82. The van der Waals surface area contributed by atoms with Crippen LogP contribution in [0.5, 0.6) is 0 Å².